The number of fused-ring (bicyclic) bond motifs is 1. The van der Waals surface area contributed by atoms with Gasteiger partial charge in [0.2, 0.25) is 23.6 Å². The molecule has 12 nitrogen and oxygen atoms in total. The van der Waals surface area contributed by atoms with Gasteiger partial charge in [-0.2, -0.15) is 13.2 Å². The molecule has 0 unspecified atom stereocenters. The standard InChI is InChI=1S/C54H55F3N6O6S/c1-33(37-16-18-38(19-17-37)48-34(2)60-32-70-48)61-51(67)44-13-9-27-63(44)52(68)49(53(3,4)5)62-46(64)15-8-26-58-47(65)29-35-10-6-11-36(28-35)31-59-50(66)40-20-25-43-39(30-40)12-7-14-45(43)69-42-23-21-41(22-24-42)54(55,56)57/h6-7,10-12,14,16-25,28,30,32,44,49H,1,8-9,13,15,26-27,29,31H2,2-5H3,(H,58,65)(H,59,66)(H,61,67)(H,62,64)/t44-,49+/m0/s1. The summed E-state index contributed by atoms with van der Waals surface area (Å²) in [6, 6.07) is 28.1. The lowest BCUT2D eigenvalue weighted by molar-refractivity contribution is -0.143. The van der Waals surface area contributed by atoms with Crippen LogP contribution in [0.5, 0.6) is 11.5 Å². The molecule has 5 amide bonds. The Kier molecular flexibility index (Phi) is 15.9. The topological polar surface area (TPSA) is 159 Å². The molecule has 0 saturated carbocycles. The van der Waals surface area contributed by atoms with Gasteiger partial charge < -0.3 is 30.9 Å². The molecule has 6 aromatic rings. The molecule has 1 fully saturated rings. The fourth-order valence-electron chi connectivity index (χ4n) is 8.24. The van der Waals surface area contributed by atoms with Crippen LogP contribution in [0, 0.1) is 12.3 Å². The average molecular weight is 973 g/mol. The highest BCUT2D eigenvalue weighted by Crippen LogP contribution is 2.34. The Hall–Kier alpha value is -7.33. The van der Waals surface area contributed by atoms with Crippen LogP contribution in [0.15, 0.2) is 121 Å². The number of hydrogen-bond acceptors (Lipinski definition) is 8. The molecule has 4 N–H and O–H groups in total. The Bertz CT molecular complexity index is 2890. The molecule has 1 aromatic heterocycles. The summed E-state index contributed by atoms with van der Waals surface area (Å²) in [6.07, 6.45) is -2.86. The maximum atomic E-state index is 14.1. The molecule has 364 valence electrons. The smallest absolute Gasteiger partial charge is 0.416 e. The number of likely N-dealkylation sites (tertiary alicyclic amines) is 1. The van der Waals surface area contributed by atoms with Gasteiger partial charge in [-0.25, -0.2) is 4.98 Å². The summed E-state index contributed by atoms with van der Waals surface area (Å²) >= 11 is 1.56. The quantitative estimate of drug-likeness (QED) is 0.0663. The van der Waals surface area contributed by atoms with Crippen molar-refractivity contribution in [2.45, 2.75) is 84.6 Å². The summed E-state index contributed by atoms with van der Waals surface area (Å²) in [6.45, 7) is 12.4. The van der Waals surface area contributed by atoms with Crippen LogP contribution in [0.25, 0.3) is 26.9 Å². The van der Waals surface area contributed by atoms with E-state index in [1.165, 1.54) is 12.1 Å². The third-order valence-electron chi connectivity index (χ3n) is 12.0. The zero-order valence-corrected chi connectivity index (χ0v) is 40.2. The minimum absolute atomic E-state index is 0.0648. The SMILES string of the molecule is C=C(NC(=O)[C@@H]1CCCN1C(=O)[C@@H](NC(=O)CCCNC(=O)Cc1cccc(CNC(=O)c2ccc3c(Oc4ccc(C(F)(F)F)cc4)cccc3c2)c1)C(C)(C)C)c1ccc(-c2scnc2C)cc1. The van der Waals surface area contributed by atoms with Gasteiger partial charge in [0, 0.05) is 42.7 Å². The molecule has 1 aliphatic heterocycles. The lowest BCUT2D eigenvalue weighted by atomic mass is 9.85. The summed E-state index contributed by atoms with van der Waals surface area (Å²) in [4.78, 5) is 73.9. The van der Waals surface area contributed by atoms with Crippen molar-refractivity contribution >= 4 is 57.3 Å². The Morgan fingerprint density at radius 2 is 1.57 bits per heavy atom. The van der Waals surface area contributed by atoms with E-state index in [-0.39, 0.29) is 61.2 Å². The first-order chi connectivity index (χ1) is 33.3. The molecule has 1 saturated heterocycles. The number of nitrogens with one attached hydrogen (secondary N) is 4. The second kappa shape index (κ2) is 22.0. The number of thiazole rings is 1. The number of alkyl halides is 3. The monoisotopic (exact) mass is 972 g/mol. The van der Waals surface area contributed by atoms with Crippen LogP contribution in [0.4, 0.5) is 13.2 Å². The maximum absolute atomic E-state index is 14.1. The van der Waals surface area contributed by atoms with Gasteiger partial charge in [-0.15, -0.1) is 11.3 Å². The van der Waals surface area contributed by atoms with Crippen molar-refractivity contribution in [1.82, 2.24) is 31.2 Å². The van der Waals surface area contributed by atoms with Crippen molar-refractivity contribution in [3.05, 3.63) is 155 Å². The third-order valence-corrected chi connectivity index (χ3v) is 13.0. The normalized spacial score (nSPS) is 14.2. The average Bonchev–Trinajstić information content (AvgIpc) is 4.00. The molecule has 70 heavy (non-hydrogen) atoms. The molecule has 5 aromatic carbocycles. The highest BCUT2D eigenvalue weighted by Gasteiger charge is 2.42. The number of hydrogen-bond donors (Lipinski definition) is 4. The van der Waals surface area contributed by atoms with Gasteiger partial charge in [0.1, 0.15) is 23.6 Å². The summed E-state index contributed by atoms with van der Waals surface area (Å²) < 4.78 is 44.9. The number of amides is 5. The van der Waals surface area contributed by atoms with E-state index in [0.717, 1.165) is 45.0 Å². The van der Waals surface area contributed by atoms with Crippen LogP contribution >= 0.6 is 11.3 Å². The molecule has 0 radical (unpaired) electrons. The van der Waals surface area contributed by atoms with E-state index in [1.807, 2.05) is 70.2 Å². The summed E-state index contributed by atoms with van der Waals surface area (Å²) in [5.41, 5.74) is 5.41. The molecule has 2 atom stereocenters. The minimum atomic E-state index is -4.45. The number of nitrogens with zero attached hydrogens (tertiary/aromatic N) is 2. The molecular weight excluding hydrogens is 918 g/mol. The van der Waals surface area contributed by atoms with Crippen LogP contribution in [0.1, 0.15) is 84.8 Å². The second-order valence-corrected chi connectivity index (χ2v) is 19.2. The van der Waals surface area contributed by atoms with Crippen LogP contribution < -0.4 is 26.0 Å². The second-order valence-electron chi connectivity index (χ2n) is 18.3. The van der Waals surface area contributed by atoms with Crippen molar-refractivity contribution in [2.24, 2.45) is 5.41 Å². The number of halogens is 3. The van der Waals surface area contributed by atoms with Gasteiger partial charge in [-0.05, 0) is 108 Å². The maximum Gasteiger partial charge on any atom is 0.416 e. The molecule has 2 heterocycles. The van der Waals surface area contributed by atoms with Gasteiger partial charge in [-0.1, -0.05) is 88.0 Å². The summed E-state index contributed by atoms with van der Waals surface area (Å²) in [5.74, 6) is -0.917. The first kappa shape index (κ1) is 50.5. The van der Waals surface area contributed by atoms with Crippen molar-refractivity contribution in [2.75, 3.05) is 13.1 Å². The van der Waals surface area contributed by atoms with Crippen molar-refractivity contribution in [3.8, 4) is 21.9 Å². The van der Waals surface area contributed by atoms with Gasteiger partial charge in [0.05, 0.1) is 28.1 Å². The number of carbonyl (C=O) groups excluding carboxylic acids is 5. The molecule has 0 bridgehead atoms. The first-order valence-electron chi connectivity index (χ1n) is 22.9. The van der Waals surface area contributed by atoms with Crippen molar-refractivity contribution < 1.29 is 41.9 Å². The third kappa shape index (κ3) is 12.8. The predicted molar refractivity (Wildman–Crippen MR) is 265 cm³/mol. The van der Waals surface area contributed by atoms with Gasteiger partial charge in [0.25, 0.3) is 5.91 Å². The summed E-state index contributed by atoms with van der Waals surface area (Å²) in [7, 11) is 0. The van der Waals surface area contributed by atoms with Crippen LogP contribution in [0.2, 0.25) is 0 Å². The largest absolute Gasteiger partial charge is 0.457 e. The fraction of sp³-hybridized carbons (Fsp3) is 0.296. The minimum Gasteiger partial charge on any atom is -0.457 e. The van der Waals surface area contributed by atoms with E-state index >= 15 is 0 Å². The van der Waals surface area contributed by atoms with E-state index in [0.29, 0.717) is 53.6 Å². The number of carbonyl (C=O) groups is 5. The van der Waals surface area contributed by atoms with E-state index in [4.69, 9.17) is 4.74 Å². The highest BCUT2D eigenvalue weighted by molar-refractivity contribution is 7.13. The lowest BCUT2D eigenvalue weighted by Crippen LogP contribution is -2.57. The molecule has 1 aliphatic rings. The first-order valence-corrected chi connectivity index (χ1v) is 23.8. The van der Waals surface area contributed by atoms with Crippen molar-refractivity contribution in [3.63, 3.8) is 0 Å². The highest BCUT2D eigenvalue weighted by atomic mass is 32.1. The van der Waals surface area contributed by atoms with E-state index in [9.17, 15) is 37.1 Å². The zero-order valence-electron chi connectivity index (χ0n) is 39.4. The summed E-state index contributed by atoms with van der Waals surface area (Å²) in [5, 5.41) is 13.0. The Morgan fingerprint density at radius 1 is 0.857 bits per heavy atom. The van der Waals surface area contributed by atoms with E-state index in [1.54, 1.807) is 64.2 Å². The molecule has 0 spiro atoms. The van der Waals surface area contributed by atoms with E-state index < -0.39 is 29.2 Å². The van der Waals surface area contributed by atoms with E-state index in [2.05, 4.69) is 32.8 Å². The van der Waals surface area contributed by atoms with Crippen LogP contribution in [-0.4, -0.2) is 64.6 Å². The molecule has 16 heteroatoms. The molecular formula is C54H55F3N6O6S. The Morgan fingerprint density at radius 3 is 2.27 bits per heavy atom. The number of rotatable bonds is 17. The van der Waals surface area contributed by atoms with Gasteiger partial charge in [0.15, 0.2) is 0 Å². The number of aromatic nitrogens is 1. The van der Waals surface area contributed by atoms with Gasteiger partial charge in [-0.3, -0.25) is 24.0 Å². The Labute approximate surface area is 408 Å². The fourth-order valence-corrected chi connectivity index (χ4v) is 9.05. The number of ether oxygens (including phenoxy) is 1. The molecule has 7 rings (SSSR count). The number of aryl methyl sites for hydroxylation is 1. The lowest BCUT2D eigenvalue weighted by Gasteiger charge is -2.35. The van der Waals surface area contributed by atoms with Gasteiger partial charge >= 0.3 is 6.18 Å². The Balaban J connectivity index is 0.843. The number of benzene rings is 5. The van der Waals surface area contributed by atoms with Crippen molar-refractivity contribution in [1.29, 1.82) is 0 Å². The zero-order chi connectivity index (χ0) is 50.2. The van der Waals surface area contributed by atoms with Crippen LogP contribution in [-0.2, 0) is 38.3 Å². The predicted octanol–water partition coefficient (Wildman–Crippen LogP) is 9.76. The van der Waals surface area contributed by atoms with Crippen LogP contribution in [0.3, 0.4) is 0 Å². The molecule has 0 aliphatic carbocycles.